The van der Waals surface area contributed by atoms with Crippen LogP contribution >= 0.6 is 22.4 Å². The molecule has 2 saturated heterocycles. The topological polar surface area (TPSA) is 159 Å². The van der Waals surface area contributed by atoms with E-state index in [2.05, 4.69) is 25.6 Å². The minimum absolute atomic E-state index is 0.0870. The first kappa shape index (κ1) is 32.5. The number of hydrogen-bond acceptors (Lipinski definition) is 10. The third-order valence-electron chi connectivity index (χ3n) is 8.00. The van der Waals surface area contributed by atoms with E-state index < -0.39 is 34.5 Å². The molecule has 2 aromatic heterocycles. The van der Waals surface area contributed by atoms with Gasteiger partial charge < -0.3 is 21.1 Å². The monoisotopic (exact) mass is 647 g/mol. The molecule has 2 aliphatic heterocycles. The van der Waals surface area contributed by atoms with Crippen LogP contribution in [-0.4, -0.2) is 77.3 Å². The van der Waals surface area contributed by atoms with Crippen LogP contribution in [0, 0.1) is 5.82 Å². The zero-order chi connectivity index (χ0) is 31.4. The zero-order valence-electron chi connectivity index (χ0n) is 24.7. The van der Waals surface area contributed by atoms with Gasteiger partial charge >= 0.3 is 0 Å². The summed E-state index contributed by atoms with van der Waals surface area (Å²) in [6, 6.07) is 5.80. The summed E-state index contributed by atoms with van der Waals surface area (Å²) in [6.45, 7) is 4.85. The van der Waals surface area contributed by atoms with Crippen LogP contribution < -0.4 is 21.1 Å². The lowest BCUT2D eigenvalue weighted by Gasteiger charge is -2.49. The smallest absolute Gasteiger partial charge is 0.242 e. The molecule has 1 amide bonds. The maximum Gasteiger partial charge on any atom is 0.242 e. The SMILES string of the molecule is CC(C)Oc1cnc([C@H](c2ccc(Cl)cc2)[C@H](N)C(=O)Nc2cncc(F)c2CC[C@H]2CN[C@@H]3CCCS(O)(O)N2C3)cn1. The van der Waals surface area contributed by atoms with E-state index in [-0.39, 0.29) is 35.9 Å². The van der Waals surface area contributed by atoms with E-state index in [0.717, 1.165) is 19.0 Å². The number of anilines is 1. The second-order valence-electron chi connectivity index (χ2n) is 11.5. The number of ether oxygens (including phenoxy) is 1. The number of amides is 1. The zero-order valence-corrected chi connectivity index (χ0v) is 26.3. The van der Waals surface area contributed by atoms with E-state index in [1.54, 1.807) is 28.6 Å². The summed E-state index contributed by atoms with van der Waals surface area (Å²) in [4.78, 5) is 26.4. The fourth-order valence-electron chi connectivity index (χ4n) is 5.80. The predicted octanol–water partition coefficient (Wildman–Crippen LogP) is 4.58. The van der Waals surface area contributed by atoms with E-state index >= 15 is 4.39 Å². The van der Waals surface area contributed by atoms with E-state index in [1.807, 2.05) is 13.8 Å². The van der Waals surface area contributed by atoms with Gasteiger partial charge in [0, 0.05) is 35.8 Å². The van der Waals surface area contributed by atoms with Gasteiger partial charge in [0.1, 0.15) is 5.82 Å². The van der Waals surface area contributed by atoms with Crippen molar-refractivity contribution in [1.82, 2.24) is 24.6 Å². The molecule has 2 fully saturated rings. The average molecular weight is 648 g/mol. The highest BCUT2D eigenvalue weighted by Gasteiger charge is 2.38. The molecule has 0 radical (unpaired) electrons. The van der Waals surface area contributed by atoms with Crippen molar-refractivity contribution in [2.24, 2.45) is 5.73 Å². The maximum absolute atomic E-state index is 15.2. The summed E-state index contributed by atoms with van der Waals surface area (Å²) < 4.78 is 44.1. The van der Waals surface area contributed by atoms with Gasteiger partial charge in [0.15, 0.2) is 0 Å². The van der Waals surface area contributed by atoms with Gasteiger partial charge in [-0.1, -0.05) is 23.7 Å². The molecule has 0 saturated carbocycles. The number of nitrogens with zero attached hydrogens (tertiary/aromatic N) is 4. The average Bonchev–Trinajstić information content (AvgIpc) is 3.10. The normalized spacial score (nSPS) is 23.3. The first-order chi connectivity index (χ1) is 21.0. The Morgan fingerprint density at radius 1 is 1.23 bits per heavy atom. The van der Waals surface area contributed by atoms with E-state index in [0.29, 0.717) is 47.4 Å². The summed E-state index contributed by atoms with van der Waals surface area (Å²) in [7, 11) is -2.90. The molecule has 4 heterocycles. The van der Waals surface area contributed by atoms with Crippen molar-refractivity contribution in [3.63, 3.8) is 0 Å². The summed E-state index contributed by atoms with van der Waals surface area (Å²) in [5, 5.41) is 6.80. The van der Waals surface area contributed by atoms with Crippen molar-refractivity contribution in [3.05, 3.63) is 76.7 Å². The molecule has 1 aromatic carbocycles. The molecular formula is C30H39ClFN7O4S. The van der Waals surface area contributed by atoms with Crippen LogP contribution in [0.25, 0.3) is 0 Å². The molecule has 3 aromatic rings. The Balaban J connectivity index is 1.35. The van der Waals surface area contributed by atoms with Gasteiger partial charge in [0.05, 0.1) is 60.0 Å². The fourth-order valence-corrected chi connectivity index (χ4v) is 7.79. The molecule has 5 rings (SSSR count). The summed E-state index contributed by atoms with van der Waals surface area (Å²) >= 11 is 6.12. The first-order valence-electron chi connectivity index (χ1n) is 14.7. The number of halogens is 2. The van der Waals surface area contributed by atoms with Crippen LogP contribution in [-0.2, 0) is 11.2 Å². The highest BCUT2D eigenvalue weighted by molar-refractivity contribution is 8.22. The second-order valence-corrected chi connectivity index (χ2v) is 14.1. The molecule has 14 heteroatoms. The molecule has 44 heavy (non-hydrogen) atoms. The number of rotatable bonds is 10. The number of piperazine rings is 1. The molecule has 2 bridgehead atoms. The van der Waals surface area contributed by atoms with Gasteiger partial charge in [-0.2, -0.15) is 0 Å². The number of fused-ring (bicyclic) bond motifs is 2. The standard InChI is InChI=1S/C30H39ClFN7O4S/c1-18(2)43-27-16-36-26(15-37-27)28(19-5-7-20(31)8-6-19)29(33)30(40)38-25-14-34-13-24(32)23(25)10-9-22-12-35-21-4-3-11-44(41,42)39(22)17-21/h5-8,13-16,18,21-22,28-29,35,41-42H,3-4,9-12,17,33H2,1-2H3,(H,38,40)/t21-,22+,28+,29+/m1/s1. The minimum Gasteiger partial charge on any atom is -0.474 e. The van der Waals surface area contributed by atoms with E-state index in [4.69, 9.17) is 22.1 Å². The lowest BCUT2D eigenvalue weighted by molar-refractivity contribution is -0.117. The molecule has 238 valence electrons. The Hall–Kier alpha value is -2.91. The molecule has 2 aliphatic rings. The second kappa shape index (κ2) is 14.0. The molecule has 1 unspecified atom stereocenters. The Kier molecular flexibility index (Phi) is 10.4. The largest absolute Gasteiger partial charge is 0.474 e. The van der Waals surface area contributed by atoms with Gasteiger partial charge in [-0.25, -0.2) is 13.7 Å². The van der Waals surface area contributed by atoms with Crippen molar-refractivity contribution in [1.29, 1.82) is 0 Å². The lowest BCUT2D eigenvalue weighted by Crippen LogP contribution is -2.55. The Labute approximate surface area is 263 Å². The van der Waals surface area contributed by atoms with E-state index in [1.165, 1.54) is 18.6 Å². The first-order valence-corrected chi connectivity index (χ1v) is 16.8. The van der Waals surface area contributed by atoms with Crippen LogP contribution in [0.5, 0.6) is 5.88 Å². The molecule has 11 nitrogen and oxygen atoms in total. The van der Waals surface area contributed by atoms with Gasteiger partial charge in [-0.3, -0.25) is 23.9 Å². The number of nitrogens with one attached hydrogen (secondary N) is 2. The highest BCUT2D eigenvalue weighted by atomic mass is 35.5. The lowest BCUT2D eigenvalue weighted by atomic mass is 9.88. The summed E-state index contributed by atoms with van der Waals surface area (Å²) in [5.74, 6) is -1.16. The van der Waals surface area contributed by atoms with Gasteiger partial charge in [-0.15, -0.1) is 10.8 Å². The maximum atomic E-state index is 15.2. The Bertz CT molecular complexity index is 1430. The number of aromatic nitrogens is 3. The van der Waals surface area contributed by atoms with Crippen molar-refractivity contribution >= 4 is 34.0 Å². The molecule has 0 aliphatic carbocycles. The Morgan fingerprint density at radius 3 is 2.70 bits per heavy atom. The van der Waals surface area contributed by atoms with Crippen LogP contribution in [0.4, 0.5) is 10.1 Å². The predicted molar refractivity (Wildman–Crippen MR) is 169 cm³/mol. The van der Waals surface area contributed by atoms with Crippen LogP contribution in [0.3, 0.4) is 0 Å². The van der Waals surface area contributed by atoms with Crippen LogP contribution in [0.15, 0.2) is 49.1 Å². The number of carbonyl (C=O) groups excluding carboxylic acids is 1. The van der Waals surface area contributed by atoms with Crippen molar-refractivity contribution in [2.45, 2.75) is 69.7 Å². The molecule has 6 N–H and O–H groups in total. The number of carbonyl (C=O) groups is 1. The number of benzene rings is 1. The van der Waals surface area contributed by atoms with Crippen molar-refractivity contribution in [2.75, 3.05) is 24.2 Å². The third kappa shape index (κ3) is 7.65. The van der Waals surface area contributed by atoms with Gasteiger partial charge in [0.25, 0.3) is 0 Å². The van der Waals surface area contributed by atoms with E-state index in [9.17, 15) is 13.9 Å². The fraction of sp³-hybridized carbons (Fsp3) is 0.467. The number of pyridine rings is 1. The highest BCUT2D eigenvalue weighted by Crippen LogP contribution is 2.49. The number of nitrogens with two attached hydrogens (primary N) is 1. The molecule has 0 spiro atoms. The summed E-state index contributed by atoms with van der Waals surface area (Å²) in [5.41, 5.74) is 8.20. The van der Waals surface area contributed by atoms with Crippen molar-refractivity contribution < 1.29 is 23.0 Å². The van der Waals surface area contributed by atoms with Crippen LogP contribution in [0.1, 0.15) is 55.8 Å². The molecule has 5 atom stereocenters. The Morgan fingerprint density at radius 2 is 2.00 bits per heavy atom. The summed E-state index contributed by atoms with van der Waals surface area (Å²) in [6.07, 6.45) is 7.72. The van der Waals surface area contributed by atoms with Crippen LogP contribution in [0.2, 0.25) is 5.02 Å². The quantitative estimate of drug-likeness (QED) is 0.211. The van der Waals surface area contributed by atoms with Gasteiger partial charge in [-0.05, 0) is 57.2 Å². The third-order valence-corrected chi connectivity index (χ3v) is 10.3. The van der Waals surface area contributed by atoms with Gasteiger partial charge in [0.2, 0.25) is 11.8 Å². The number of hydrogen-bond donors (Lipinski definition) is 5. The molecular weight excluding hydrogens is 609 g/mol. The van der Waals surface area contributed by atoms with Crippen molar-refractivity contribution in [3.8, 4) is 5.88 Å². The minimum atomic E-state index is -2.90.